The molecule has 0 aromatic heterocycles. The third-order valence-electron chi connectivity index (χ3n) is 5.30. The molecule has 0 spiro atoms. The van der Waals surface area contributed by atoms with E-state index >= 15 is 0 Å². The molecule has 3 heterocycles. The molecule has 0 amide bonds. The van der Waals surface area contributed by atoms with E-state index in [-0.39, 0.29) is 12.6 Å². The van der Waals surface area contributed by atoms with Crippen molar-refractivity contribution in [2.24, 2.45) is 0 Å². The van der Waals surface area contributed by atoms with E-state index in [1.54, 1.807) is 14.2 Å². The molecule has 134 valence electrons. The average Bonchev–Trinajstić information content (AvgIpc) is 3.12. The third kappa shape index (κ3) is 1.98. The molecule has 0 unspecified atom stereocenters. The van der Waals surface area contributed by atoms with Gasteiger partial charge in [-0.2, -0.15) is 0 Å². The highest BCUT2D eigenvalue weighted by Crippen LogP contribution is 2.47. The zero-order chi connectivity index (χ0) is 17.8. The largest absolute Gasteiger partial charge is 0.505 e. The zero-order valence-corrected chi connectivity index (χ0v) is 14.7. The first-order valence-corrected chi connectivity index (χ1v) is 8.56. The minimum atomic E-state index is 0.243. The molecule has 26 heavy (non-hydrogen) atoms. The van der Waals surface area contributed by atoms with Crippen LogP contribution in [0.1, 0.15) is 22.3 Å². The molecule has 3 aliphatic rings. The molecule has 0 saturated heterocycles. The van der Waals surface area contributed by atoms with E-state index in [4.69, 9.17) is 18.9 Å². The molecule has 0 atom stereocenters. The summed E-state index contributed by atoms with van der Waals surface area (Å²) >= 11 is 0. The van der Waals surface area contributed by atoms with Gasteiger partial charge in [-0.1, -0.05) is 0 Å². The van der Waals surface area contributed by atoms with Crippen LogP contribution in [0.15, 0.2) is 24.3 Å². The first kappa shape index (κ1) is 15.3. The standard InChI is InChI=1S/C20H19NO5/c1-23-15-4-3-12-14(20(15)24-2)9-21-6-5-11-7-16-17(26-10-25-16)8-13(11)18(21)19(12)22/h3-4,7-8,22H,5-6,9-10H2,1-2H3. The smallest absolute Gasteiger partial charge is 0.231 e. The van der Waals surface area contributed by atoms with Crippen molar-refractivity contribution in [3.05, 3.63) is 46.5 Å². The number of nitrogens with zero attached hydrogens (tertiary/aromatic N) is 1. The van der Waals surface area contributed by atoms with Gasteiger partial charge in [0.05, 0.1) is 19.9 Å². The van der Waals surface area contributed by atoms with Crippen LogP contribution in [0.25, 0.3) is 11.5 Å². The normalized spacial score (nSPS) is 16.8. The molecule has 2 aromatic carbocycles. The quantitative estimate of drug-likeness (QED) is 0.895. The topological polar surface area (TPSA) is 60.4 Å². The van der Waals surface area contributed by atoms with Gasteiger partial charge in [0, 0.05) is 29.8 Å². The Kier molecular flexibility index (Phi) is 3.22. The van der Waals surface area contributed by atoms with Crippen molar-refractivity contribution in [2.75, 3.05) is 27.6 Å². The van der Waals surface area contributed by atoms with Gasteiger partial charge >= 0.3 is 0 Å². The Bertz CT molecular complexity index is 950. The summed E-state index contributed by atoms with van der Waals surface area (Å²) in [6.45, 7) is 1.71. The predicted molar refractivity (Wildman–Crippen MR) is 95.7 cm³/mol. The van der Waals surface area contributed by atoms with E-state index in [0.717, 1.165) is 52.4 Å². The fraction of sp³-hybridized carbons (Fsp3) is 0.300. The lowest BCUT2D eigenvalue weighted by atomic mass is 9.89. The summed E-state index contributed by atoms with van der Waals surface area (Å²) in [5.74, 6) is 3.10. The Morgan fingerprint density at radius 1 is 1.04 bits per heavy atom. The van der Waals surface area contributed by atoms with Crippen molar-refractivity contribution in [1.29, 1.82) is 0 Å². The number of aliphatic hydroxyl groups is 1. The Balaban J connectivity index is 1.72. The molecular formula is C20H19NO5. The van der Waals surface area contributed by atoms with Gasteiger partial charge in [0.2, 0.25) is 6.79 Å². The fourth-order valence-corrected chi connectivity index (χ4v) is 4.07. The van der Waals surface area contributed by atoms with Crippen molar-refractivity contribution >= 4 is 11.5 Å². The van der Waals surface area contributed by atoms with E-state index in [1.807, 2.05) is 24.3 Å². The van der Waals surface area contributed by atoms with Gasteiger partial charge < -0.3 is 29.0 Å². The van der Waals surface area contributed by atoms with Crippen molar-refractivity contribution in [1.82, 2.24) is 4.90 Å². The van der Waals surface area contributed by atoms with E-state index < -0.39 is 0 Å². The highest BCUT2D eigenvalue weighted by atomic mass is 16.7. The van der Waals surface area contributed by atoms with E-state index in [1.165, 1.54) is 0 Å². The summed E-state index contributed by atoms with van der Waals surface area (Å²) in [6.07, 6.45) is 0.879. The molecule has 2 aromatic rings. The van der Waals surface area contributed by atoms with Crippen LogP contribution in [0, 0.1) is 0 Å². The predicted octanol–water partition coefficient (Wildman–Crippen LogP) is 3.19. The highest BCUT2D eigenvalue weighted by molar-refractivity contribution is 5.91. The number of aliphatic hydroxyl groups excluding tert-OH is 1. The van der Waals surface area contributed by atoms with E-state index in [9.17, 15) is 5.11 Å². The van der Waals surface area contributed by atoms with Gasteiger partial charge in [-0.25, -0.2) is 0 Å². The monoisotopic (exact) mass is 353 g/mol. The second-order valence-electron chi connectivity index (χ2n) is 6.56. The first-order chi connectivity index (χ1) is 12.7. The lowest BCUT2D eigenvalue weighted by Gasteiger charge is -2.38. The van der Waals surface area contributed by atoms with E-state index in [2.05, 4.69) is 4.90 Å². The van der Waals surface area contributed by atoms with Gasteiger partial charge in [0.1, 0.15) is 5.76 Å². The van der Waals surface area contributed by atoms with Crippen LogP contribution in [0.2, 0.25) is 0 Å². The molecule has 1 N–H and O–H groups in total. The van der Waals surface area contributed by atoms with Crippen LogP contribution in [-0.2, 0) is 13.0 Å². The van der Waals surface area contributed by atoms with Crippen molar-refractivity contribution in [3.63, 3.8) is 0 Å². The van der Waals surface area contributed by atoms with Crippen LogP contribution < -0.4 is 18.9 Å². The van der Waals surface area contributed by atoms with Crippen molar-refractivity contribution in [3.8, 4) is 23.0 Å². The Morgan fingerprint density at radius 3 is 2.62 bits per heavy atom. The molecule has 0 saturated carbocycles. The molecule has 6 heteroatoms. The summed E-state index contributed by atoms with van der Waals surface area (Å²) in [5.41, 5.74) is 4.72. The van der Waals surface area contributed by atoms with Crippen molar-refractivity contribution < 1.29 is 24.1 Å². The van der Waals surface area contributed by atoms with E-state index in [0.29, 0.717) is 18.0 Å². The summed E-state index contributed by atoms with van der Waals surface area (Å²) < 4.78 is 22.0. The Labute approximate surface area is 151 Å². The van der Waals surface area contributed by atoms with Gasteiger partial charge in [-0.05, 0) is 36.2 Å². The average molecular weight is 353 g/mol. The summed E-state index contributed by atoms with van der Waals surface area (Å²) in [4.78, 5) is 2.18. The maximum atomic E-state index is 11.1. The maximum Gasteiger partial charge on any atom is 0.231 e. The van der Waals surface area contributed by atoms with Crippen LogP contribution in [0.3, 0.4) is 0 Å². The zero-order valence-electron chi connectivity index (χ0n) is 14.7. The van der Waals surface area contributed by atoms with Gasteiger partial charge in [-0.15, -0.1) is 0 Å². The SMILES string of the molecule is COc1ccc2c(c1OC)CN1CCc3cc4c(cc3C1=C2O)OCO4. The number of methoxy groups -OCH3 is 2. The molecular weight excluding hydrogens is 334 g/mol. The van der Waals surface area contributed by atoms with Gasteiger partial charge in [0.15, 0.2) is 23.0 Å². The second-order valence-corrected chi connectivity index (χ2v) is 6.56. The molecule has 0 radical (unpaired) electrons. The Hall–Kier alpha value is -3.02. The van der Waals surface area contributed by atoms with Crippen LogP contribution in [0.5, 0.6) is 23.0 Å². The number of benzene rings is 2. The highest BCUT2D eigenvalue weighted by Gasteiger charge is 2.34. The molecule has 0 bridgehead atoms. The van der Waals surface area contributed by atoms with Crippen LogP contribution in [-0.4, -0.2) is 37.6 Å². The molecule has 6 nitrogen and oxygen atoms in total. The van der Waals surface area contributed by atoms with Crippen LogP contribution in [0.4, 0.5) is 0 Å². The molecule has 3 aliphatic heterocycles. The Morgan fingerprint density at radius 2 is 1.85 bits per heavy atom. The lowest BCUT2D eigenvalue weighted by molar-refractivity contribution is 0.174. The lowest BCUT2D eigenvalue weighted by Crippen LogP contribution is -2.33. The molecule has 5 rings (SSSR count). The van der Waals surface area contributed by atoms with Gasteiger partial charge in [-0.3, -0.25) is 0 Å². The third-order valence-corrected chi connectivity index (χ3v) is 5.30. The minimum absolute atomic E-state index is 0.243. The van der Waals surface area contributed by atoms with Crippen molar-refractivity contribution in [2.45, 2.75) is 13.0 Å². The number of ether oxygens (including phenoxy) is 4. The number of rotatable bonds is 2. The maximum absolute atomic E-state index is 11.1. The molecule has 0 aliphatic carbocycles. The summed E-state index contributed by atoms with van der Waals surface area (Å²) in [7, 11) is 3.24. The summed E-state index contributed by atoms with van der Waals surface area (Å²) in [5, 5.41) is 11.1. The first-order valence-electron chi connectivity index (χ1n) is 8.56. The number of fused-ring (bicyclic) bond motifs is 5. The van der Waals surface area contributed by atoms with Gasteiger partial charge in [0.25, 0.3) is 0 Å². The summed E-state index contributed by atoms with van der Waals surface area (Å²) in [6, 6.07) is 7.71. The molecule has 0 fully saturated rings. The number of hydrogen-bond acceptors (Lipinski definition) is 6. The number of hydrogen-bond donors (Lipinski definition) is 1. The van der Waals surface area contributed by atoms with Crippen LogP contribution >= 0.6 is 0 Å². The minimum Gasteiger partial charge on any atom is -0.505 e. The fourth-order valence-electron chi connectivity index (χ4n) is 4.07. The second kappa shape index (κ2) is 5.49.